The Labute approximate surface area is 163 Å². The molecule has 1 amide bonds. The van der Waals surface area contributed by atoms with Crippen molar-refractivity contribution in [1.82, 2.24) is 15.3 Å². The Morgan fingerprint density at radius 2 is 1.85 bits per heavy atom. The van der Waals surface area contributed by atoms with Gasteiger partial charge in [-0.05, 0) is 42.2 Å². The van der Waals surface area contributed by atoms with Crippen LogP contribution in [0.1, 0.15) is 34.1 Å². The lowest BCUT2D eigenvalue weighted by Crippen LogP contribution is -2.24. The Hall–Kier alpha value is -2.92. The minimum Gasteiger partial charge on any atom is -0.347 e. The summed E-state index contributed by atoms with van der Waals surface area (Å²) in [5.74, 6) is 0.116. The van der Waals surface area contributed by atoms with Crippen molar-refractivity contribution >= 4 is 29.1 Å². The second-order valence-corrected chi connectivity index (χ2v) is 6.53. The van der Waals surface area contributed by atoms with E-state index in [4.69, 9.17) is 11.6 Å². The van der Waals surface area contributed by atoms with E-state index in [0.29, 0.717) is 23.2 Å². The first-order chi connectivity index (χ1) is 13.1. The monoisotopic (exact) mass is 380 g/mol. The number of aryl methyl sites for hydroxylation is 2. The van der Waals surface area contributed by atoms with E-state index in [9.17, 15) is 4.79 Å². The third kappa shape index (κ3) is 4.63. The van der Waals surface area contributed by atoms with Gasteiger partial charge in [-0.2, -0.15) is 0 Å². The SMILES string of the molecule is CCc1cccc(C)c1Nc1nccc(C(=O)NCc2ccccc2Cl)n1. The Morgan fingerprint density at radius 1 is 1.07 bits per heavy atom. The van der Waals surface area contributed by atoms with Gasteiger partial charge in [0.05, 0.1) is 0 Å². The van der Waals surface area contributed by atoms with Crippen LogP contribution in [0.4, 0.5) is 11.6 Å². The predicted octanol–water partition coefficient (Wildman–Crippen LogP) is 4.67. The van der Waals surface area contributed by atoms with Crippen molar-refractivity contribution in [1.29, 1.82) is 0 Å². The number of hydrogen-bond donors (Lipinski definition) is 2. The topological polar surface area (TPSA) is 66.9 Å². The molecule has 2 aromatic carbocycles. The van der Waals surface area contributed by atoms with E-state index < -0.39 is 0 Å². The molecule has 0 radical (unpaired) electrons. The van der Waals surface area contributed by atoms with E-state index in [2.05, 4.69) is 33.6 Å². The van der Waals surface area contributed by atoms with Crippen LogP contribution in [-0.4, -0.2) is 15.9 Å². The maximum Gasteiger partial charge on any atom is 0.270 e. The van der Waals surface area contributed by atoms with E-state index >= 15 is 0 Å². The van der Waals surface area contributed by atoms with Gasteiger partial charge < -0.3 is 10.6 Å². The van der Waals surface area contributed by atoms with Gasteiger partial charge in [-0.3, -0.25) is 4.79 Å². The number of hydrogen-bond acceptors (Lipinski definition) is 4. The van der Waals surface area contributed by atoms with Gasteiger partial charge in [-0.25, -0.2) is 9.97 Å². The van der Waals surface area contributed by atoms with Gasteiger partial charge in [-0.15, -0.1) is 0 Å². The Balaban J connectivity index is 1.74. The highest BCUT2D eigenvalue weighted by atomic mass is 35.5. The molecular formula is C21H21ClN4O. The van der Waals surface area contributed by atoms with Crippen molar-refractivity contribution in [2.24, 2.45) is 0 Å². The molecule has 0 atom stereocenters. The summed E-state index contributed by atoms with van der Waals surface area (Å²) in [7, 11) is 0. The van der Waals surface area contributed by atoms with Gasteiger partial charge in [0.2, 0.25) is 5.95 Å². The molecule has 3 rings (SSSR count). The number of amides is 1. The summed E-state index contributed by atoms with van der Waals surface area (Å²) >= 11 is 6.13. The van der Waals surface area contributed by atoms with Crippen LogP contribution in [0.5, 0.6) is 0 Å². The van der Waals surface area contributed by atoms with Gasteiger partial charge in [0.25, 0.3) is 5.91 Å². The molecule has 1 heterocycles. The van der Waals surface area contributed by atoms with Crippen LogP contribution in [0.3, 0.4) is 0 Å². The highest BCUT2D eigenvalue weighted by Gasteiger charge is 2.11. The van der Waals surface area contributed by atoms with Crippen LogP contribution in [0.2, 0.25) is 5.02 Å². The van der Waals surface area contributed by atoms with E-state index in [1.807, 2.05) is 37.3 Å². The summed E-state index contributed by atoms with van der Waals surface area (Å²) in [5.41, 5.74) is 4.41. The molecule has 0 aliphatic heterocycles. The van der Waals surface area contributed by atoms with Gasteiger partial charge in [0.15, 0.2) is 0 Å². The molecule has 2 N–H and O–H groups in total. The zero-order chi connectivity index (χ0) is 19.2. The molecule has 0 fully saturated rings. The fraction of sp³-hybridized carbons (Fsp3) is 0.190. The molecule has 3 aromatic rings. The highest BCUT2D eigenvalue weighted by molar-refractivity contribution is 6.31. The number of halogens is 1. The Kier molecular flexibility index (Phi) is 6.04. The predicted molar refractivity (Wildman–Crippen MR) is 108 cm³/mol. The molecule has 0 unspecified atom stereocenters. The zero-order valence-corrected chi connectivity index (χ0v) is 16.0. The van der Waals surface area contributed by atoms with E-state index in [1.54, 1.807) is 18.3 Å². The Morgan fingerprint density at radius 3 is 2.63 bits per heavy atom. The van der Waals surface area contributed by atoms with Crippen molar-refractivity contribution in [2.75, 3.05) is 5.32 Å². The molecule has 1 aromatic heterocycles. The number of para-hydroxylation sites is 1. The molecule has 5 nitrogen and oxygen atoms in total. The molecule has 0 saturated carbocycles. The summed E-state index contributed by atoms with van der Waals surface area (Å²) in [6, 6.07) is 15.1. The fourth-order valence-electron chi connectivity index (χ4n) is 2.77. The summed E-state index contributed by atoms with van der Waals surface area (Å²) < 4.78 is 0. The average Bonchev–Trinajstić information content (AvgIpc) is 2.69. The number of carbonyl (C=O) groups is 1. The summed E-state index contributed by atoms with van der Waals surface area (Å²) in [6.07, 6.45) is 2.46. The standard InChI is InChI=1S/C21H21ClN4O/c1-3-15-9-6-7-14(2)19(15)26-21-23-12-11-18(25-21)20(27)24-13-16-8-4-5-10-17(16)22/h4-12H,3,13H2,1-2H3,(H,24,27)(H,23,25,26). The van der Waals surface area contributed by atoms with Crippen LogP contribution in [0.15, 0.2) is 54.7 Å². The maximum absolute atomic E-state index is 12.5. The molecule has 0 aliphatic rings. The van der Waals surface area contributed by atoms with Crippen molar-refractivity contribution in [3.05, 3.63) is 82.1 Å². The first-order valence-electron chi connectivity index (χ1n) is 8.78. The van der Waals surface area contributed by atoms with Crippen molar-refractivity contribution in [3.63, 3.8) is 0 Å². The van der Waals surface area contributed by atoms with Crippen LogP contribution >= 0.6 is 11.6 Å². The lowest BCUT2D eigenvalue weighted by Gasteiger charge is -2.13. The molecule has 138 valence electrons. The molecule has 0 spiro atoms. The molecule has 0 saturated heterocycles. The van der Waals surface area contributed by atoms with E-state index in [-0.39, 0.29) is 5.91 Å². The number of benzene rings is 2. The van der Waals surface area contributed by atoms with Crippen LogP contribution in [0, 0.1) is 6.92 Å². The van der Waals surface area contributed by atoms with Crippen LogP contribution < -0.4 is 10.6 Å². The third-order valence-corrected chi connectivity index (χ3v) is 4.63. The second kappa shape index (κ2) is 8.64. The lowest BCUT2D eigenvalue weighted by atomic mass is 10.1. The Bertz CT molecular complexity index is 958. The normalized spacial score (nSPS) is 10.5. The minimum atomic E-state index is -0.277. The third-order valence-electron chi connectivity index (χ3n) is 4.26. The van der Waals surface area contributed by atoms with Crippen molar-refractivity contribution < 1.29 is 4.79 Å². The summed E-state index contributed by atoms with van der Waals surface area (Å²) in [4.78, 5) is 21.0. The van der Waals surface area contributed by atoms with Gasteiger partial charge in [0, 0.05) is 23.5 Å². The minimum absolute atomic E-state index is 0.277. The molecule has 0 bridgehead atoms. The summed E-state index contributed by atoms with van der Waals surface area (Å²) in [5, 5.41) is 6.71. The summed E-state index contributed by atoms with van der Waals surface area (Å²) in [6.45, 7) is 4.46. The quantitative estimate of drug-likeness (QED) is 0.651. The average molecular weight is 381 g/mol. The lowest BCUT2D eigenvalue weighted by molar-refractivity contribution is 0.0946. The molecule has 27 heavy (non-hydrogen) atoms. The second-order valence-electron chi connectivity index (χ2n) is 6.13. The number of nitrogens with zero attached hydrogens (tertiary/aromatic N) is 2. The largest absolute Gasteiger partial charge is 0.347 e. The van der Waals surface area contributed by atoms with Gasteiger partial charge in [-0.1, -0.05) is 54.9 Å². The number of aromatic nitrogens is 2. The first kappa shape index (κ1) is 18.9. The molecule has 6 heteroatoms. The zero-order valence-electron chi connectivity index (χ0n) is 15.3. The molecule has 0 aliphatic carbocycles. The van der Waals surface area contributed by atoms with Gasteiger partial charge >= 0.3 is 0 Å². The van der Waals surface area contributed by atoms with E-state index in [1.165, 1.54) is 5.56 Å². The smallest absolute Gasteiger partial charge is 0.270 e. The van der Waals surface area contributed by atoms with Gasteiger partial charge in [0.1, 0.15) is 5.69 Å². The van der Waals surface area contributed by atoms with Crippen LogP contribution in [-0.2, 0) is 13.0 Å². The van der Waals surface area contributed by atoms with Crippen molar-refractivity contribution in [2.45, 2.75) is 26.8 Å². The number of nitrogens with one attached hydrogen (secondary N) is 2. The van der Waals surface area contributed by atoms with E-state index in [0.717, 1.165) is 23.2 Å². The number of rotatable bonds is 6. The first-order valence-corrected chi connectivity index (χ1v) is 9.16. The fourth-order valence-corrected chi connectivity index (χ4v) is 2.97. The molecular weight excluding hydrogens is 360 g/mol. The highest BCUT2D eigenvalue weighted by Crippen LogP contribution is 2.23. The van der Waals surface area contributed by atoms with Crippen LogP contribution in [0.25, 0.3) is 0 Å². The van der Waals surface area contributed by atoms with Crippen molar-refractivity contribution in [3.8, 4) is 0 Å². The number of carbonyl (C=O) groups excluding carboxylic acids is 1. The number of anilines is 2. The maximum atomic E-state index is 12.5.